The lowest BCUT2D eigenvalue weighted by Crippen LogP contribution is -1.89. The van der Waals surface area contributed by atoms with Crippen molar-refractivity contribution in [2.75, 3.05) is 0 Å². The Morgan fingerprint density at radius 2 is 2.19 bits per heavy atom. The SMILES string of the molecule is Cc1ccc(C)c(Oc2nc(CO)co2)c1. The number of nitrogens with zero attached hydrogens (tertiary/aromatic N) is 1. The first-order chi connectivity index (χ1) is 7.69. The number of aliphatic hydroxyl groups excluding tert-OH is 1. The third kappa shape index (κ3) is 2.23. The molecular weight excluding hydrogens is 206 g/mol. The Hall–Kier alpha value is -1.81. The van der Waals surface area contributed by atoms with Crippen LogP contribution >= 0.6 is 0 Å². The molecule has 0 aliphatic rings. The molecule has 4 nitrogen and oxygen atoms in total. The zero-order valence-corrected chi connectivity index (χ0v) is 9.23. The molecule has 0 aliphatic carbocycles. The van der Waals surface area contributed by atoms with Gasteiger partial charge in [-0.1, -0.05) is 12.1 Å². The lowest BCUT2D eigenvalue weighted by molar-refractivity contribution is 0.276. The average molecular weight is 219 g/mol. The Morgan fingerprint density at radius 1 is 1.38 bits per heavy atom. The Bertz CT molecular complexity index is 491. The summed E-state index contributed by atoms with van der Waals surface area (Å²) in [6.07, 6.45) is 1.53. The first kappa shape index (κ1) is 10.7. The summed E-state index contributed by atoms with van der Waals surface area (Å²) in [6, 6.07) is 5.90. The number of benzene rings is 1. The van der Waals surface area contributed by atoms with E-state index in [0.29, 0.717) is 11.4 Å². The van der Waals surface area contributed by atoms with Crippen molar-refractivity contribution in [3.63, 3.8) is 0 Å². The van der Waals surface area contributed by atoms with E-state index in [-0.39, 0.29) is 12.7 Å². The van der Waals surface area contributed by atoms with Gasteiger partial charge in [0.05, 0.1) is 6.61 Å². The van der Waals surface area contributed by atoms with E-state index in [2.05, 4.69) is 4.98 Å². The average Bonchev–Trinajstić information content (AvgIpc) is 2.71. The lowest BCUT2D eigenvalue weighted by atomic mass is 10.1. The van der Waals surface area contributed by atoms with Gasteiger partial charge >= 0.3 is 6.08 Å². The summed E-state index contributed by atoms with van der Waals surface area (Å²) in [4.78, 5) is 3.96. The van der Waals surface area contributed by atoms with Gasteiger partial charge in [0.1, 0.15) is 17.7 Å². The lowest BCUT2D eigenvalue weighted by Gasteiger charge is -2.05. The van der Waals surface area contributed by atoms with Crippen molar-refractivity contribution in [2.24, 2.45) is 0 Å². The summed E-state index contributed by atoms with van der Waals surface area (Å²) in [6.45, 7) is 3.78. The fraction of sp³-hybridized carbons (Fsp3) is 0.250. The Balaban J connectivity index is 2.22. The Morgan fingerprint density at radius 3 is 2.88 bits per heavy atom. The van der Waals surface area contributed by atoms with Crippen molar-refractivity contribution >= 4 is 0 Å². The molecule has 2 aromatic rings. The van der Waals surface area contributed by atoms with E-state index in [1.165, 1.54) is 6.26 Å². The smallest absolute Gasteiger partial charge is 0.399 e. The minimum absolute atomic E-state index is 0.151. The van der Waals surface area contributed by atoms with Crippen LogP contribution in [0.15, 0.2) is 28.9 Å². The fourth-order valence-corrected chi connectivity index (χ4v) is 1.32. The molecule has 0 amide bonds. The topological polar surface area (TPSA) is 55.5 Å². The summed E-state index contributed by atoms with van der Waals surface area (Å²) >= 11 is 0. The molecule has 2 rings (SSSR count). The number of hydrogen-bond donors (Lipinski definition) is 1. The number of aromatic nitrogens is 1. The van der Waals surface area contributed by atoms with Gasteiger partial charge in [-0.05, 0) is 31.0 Å². The van der Waals surface area contributed by atoms with Gasteiger partial charge in [-0.3, -0.25) is 0 Å². The molecule has 0 aliphatic heterocycles. The van der Waals surface area contributed by atoms with Gasteiger partial charge in [0, 0.05) is 0 Å². The molecule has 0 saturated carbocycles. The maximum absolute atomic E-state index is 8.84. The highest BCUT2D eigenvalue weighted by molar-refractivity contribution is 5.37. The summed E-state index contributed by atoms with van der Waals surface area (Å²) in [5.41, 5.74) is 2.57. The molecule has 0 atom stereocenters. The zero-order chi connectivity index (χ0) is 11.5. The largest absolute Gasteiger partial charge is 0.417 e. The number of oxazole rings is 1. The molecular formula is C12H13NO3. The Kier molecular flexibility index (Phi) is 2.92. The summed E-state index contributed by atoms with van der Waals surface area (Å²) in [5, 5.41) is 8.84. The molecule has 1 aromatic carbocycles. The fourth-order valence-electron chi connectivity index (χ4n) is 1.32. The number of ether oxygens (including phenoxy) is 1. The second-order valence-corrected chi connectivity index (χ2v) is 3.63. The van der Waals surface area contributed by atoms with Gasteiger partial charge in [0.2, 0.25) is 0 Å². The first-order valence-corrected chi connectivity index (χ1v) is 4.99. The number of hydrogen-bond acceptors (Lipinski definition) is 4. The van der Waals surface area contributed by atoms with Gasteiger partial charge in [-0.15, -0.1) is 0 Å². The van der Waals surface area contributed by atoms with E-state index in [9.17, 15) is 0 Å². The molecule has 4 heteroatoms. The number of aliphatic hydroxyl groups is 1. The highest BCUT2D eigenvalue weighted by atomic mass is 16.6. The highest BCUT2D eigenvalue weighted by Gasteiger charge is 2.07. The van der Waals surface area contributed by atoms with Gasteiger partial charge in [-0.2, -0.15) is 4.98 Å². The van der Waals surface area contributed by atoms with Crippen molar-refractivity contribution in [1.82, 2.24) is 4.98 Å². The zero-order valence-electron chi connectivity index (χ0n) is 9.23. The van der Waals surface area contributed by atoms with E-state index < -0.39 is 0 Å². The van der Waals surface area contributed by atoms with Crippen molar-refractivity contribution in [3.05, 3.63) is 41.3 Å². The molecule has 0 spiro atoms. The number of aryl methyl sites for hydroxylation is 2. The molecule has 0 bridgehead atoms. The predicted octanol–water partition coefficient (Wildman–Crippen LogP) is 2.58. The second kappa shape index (κ2) is 4.37. The third-order valence-corrected chi connectivity index (χ3v) is 2.23. The molecule has 1 heterocycles. The highest BCUT2D eigenvalue weighted by Crippen LogP contribution is 2.25. The quantitative estimate of drug-likeness (QED) is 0.862. The van der Waals surface area contributed by atoms with Crippen LogP contribution in [0.2, 0.25) is 0 Å². The van der Waals surface area contributed by atoms with Crippen molar-refractivity contribution in [2.45, 2.75) is 20.5 Å². The van der Waals surface area contributed by atoms with Crippen LogP contribution in [-0.2, 0) is 6.61 Å². The van der Waals surface area contributed by atoms with Crippen LogP contribution in [0.3, 0.4) is 0 Å². The monoisotopic (exact) mass is 219 g/mol. The van der Waals surface area contributed by atoms with Crippen LogP contribution in [0, 0.1) is 13.8 Å². The van der Waals surface area contributed by atoms with Crippen molar-refractivity contribution in [1.29, 1.82) is 0 Å². The van der Waals surface area contributed by atoms with E-state index in [1.807, 2.05) is 32.0 Å². The van der Waals surface area contributed by atoms with Crippen LogP contribution in [0.4, 0.5) is 0 Å². The standard InChI is InChI=1S/C12H13NO3/c1-8-3-4-9(2)11(5-8)16-12-13-10(6-14)7-15-12/h3-5,7,14H,6H2,1-2H3. The van der Waals surface area contributed by atoms with Crippen LogP contribution in [-0.4, -0.2) is 10.1 Å². The molecule has 1 N–H and O–H groups in total. The van der Waals surface area contributed by atoms with Gasteiger partial charge < -0.3 is 14.3 Å². The molecule has 0 unspecified atom stereocenters. The molecule has 0 radical (unpaired) electrons. The minimum Gasteiger partial charge on any atom is -0.417 e. The first-order valence-electron chi connectivity index (χ1n) is 4.99. The molecule has 1 aromatic heterocycles. The van der Waals surface area contributed by atoms with E-state index in [0.717, 1.165) is 11.1 Å². The normalized spacial score (nSPS) is 10.4. The predicted molar refractivity (Wildman–Crippen MR) is 58.4 cm³/mol. The van der Waals surface area contributed by atoms with Crippen molar-refractivity contribution < 1.29 is 14.3 Å². The van der Waals surface area contributed by atoms with Gasteiger partial charge in [0.15, 0.2) is 0 Å². The van der Waals surface area contributed by atoms with Gasteiger partial charge in [-0.25, -0.2) is 0 Å². The summed E-state index contributed by atoms with van der Waals surface area (Å²) < 4.78 is 10.5. The van der Waals surface area contributed by atoms with Crippen LogP contribution in [0.1, 0.15) is 16.8 Å². The molecule has 84 valence electrons. The van der Waals surface area contributed by atoms with Crippen LogP contribution < -0.4 is 4.74 Å². The van der Waals surface area contributed by atoms with E-state index >= 15 is 0 Å². The Labute approximate surface area is 93.5 Å². The maximum atomic E-state index is 8.84. The minimum atomic E-state index is -0.153. The number of rotatable bonds is 3. The van der Waals surface area contributed by atoms with Crippen molar-refractivity contribution in [3.8, 4) is 11.8 Å². The summed E-state index contributed by atoms with van der Waals surface area (Å²) in [5.74, 6) is 0.714. The van der Waals surface area contributed by atoms with E-state index in [1.54, 1.807) is 0 Å². The van der Waals surface area contributed by atoms with E-state index in [4.69, 9.17) is 14.3 Å². The van der Waals surface area contributed by atoms with Crippen LogP contribution in [0.5, 0.6) is 11.8 Å². The molecule has 16 heavy (non-hydrogen) atoms. The molecule has 0 saturated heterocycles. The third-order valence-electron chi connectivity index (χ3n) is 2.23. The summed E-state index contributed by atoms with van der Waals surface area (Å²) in [7, 11) is 0. The molecule has 0 fully saturated rings. The van der Waals surface area contributed by atoms with Crippen LogP contribution in [0.25, 0.3) is 0 Å². The maximum Gasteiger partial charge on any atom is 0.399 e. The second-order valence-electron chi connectivity index (χ2n) is 3.63. The van der Waals surface area contributed by atoms with Gasteiger partial charge in [0.25, 0.3) is 0 Å².